The molecule has 0 aromatic rings. The number of nitrogens with one attached hydrogen (secondary N) is 2. The van der Waals surface area contributed by atoms with Crippen molar-refractivity contribution < 1.29 is 14.3 Å². The van der Waals surface area contributed by atoms with Gasteiger partial charge in [0, 0.05) is 26.1 Å². The molecule has 15 heavy (non-hydrogen) atoms. The van der Waals surface area contributed by atoms with Crippen LogP contribution in [0, 0.1) is 5.92 Å². The molecule has 0 aromatic carbocycles. The first kappa shape index (κ1) is 12.0. The monoisotopic (exact) mass is 214 g/mol. The second-order valence-corrected chi connectivity index (χ2v) is 3.73. The standard InChI is InChI=1S/C10H18N2O3/c1-7(15-2)9(13)11-5-6-12-10(14)8-3-4-8/h7-8H,3-6H2,1-2H3,(H,11,13)(H,12,14). The van der Waals surface area contributed by atoms with Crippen LogP contribution in [-0.2, 0) is 14.3 Å². The van der Waals surface area contributed by atoms with Crippen molar-refractivity contribution in [3.63, 3.8) is 0 Å². The van der Waals surface area contributed by atoms with Crippen LogP contribution in [0.25, 0.3) is 0 Å². The Hall–Kier alpha value is -1.10. The molecule has 0 aromatic heterocycles. The molecule has 1 atom stereocenters. The summed E-state index contributed by atoms with van der Waals surface area (Å²) in [7, 11) is 1.49. The number of amides is 2. The Labute approximate surface area is 89.6 Å². The van der Waals surface area contributed by atoms with Gasteiger partial charge in [-0.3, -0.25) is 9.59 Å². The van der Waals surface area contributed by atoms with Crippen molar-refractivity contribution in [3.8, 4) is 0 Å². The van der Waals surface area contributed by atoms with E-state index in [0.717, 1.165) is 12.8 Å². The van der Waals surface area contributed by atoms with E-state index in [9.17, 15) is 9.59 Å². The zero-order chi connectivity index (χ0) is 11.3. The van der Waals surface area contributed by atoms with Gasteiger partial charge in [0.1, 0.15) is 6.10 Å². The third-order valence-electron chi connectivity index (χ3n) is 2.39. The molecule has 86 valence electrons. The van der Waals surface area contributed by atoms with Gasteiger partial charge in [-0.25, -0.2) is 0 Å². The second-order valence-electron chi connectivity index (χ2n) is 3.73. The van der Waals surface area contributed by atoms with Crippen molar-refractivity contribution in [1.82, 2.24) is 10.6 Å². The van der Waals surface area contributed by atoms with E-state index < -0.39 is 6.10 Å². The lowest BCUT2D eigenvalue weighted by Crippen LogP contribution is -2.39. The van der Waals surface area contributed by atoms with Gasteiger partial charge in [0.25, 0.3) is 0 Å². The van der Waals surface area contributed by atoms with Crippen LogP contribution in [0.3, 0.4) is 0 Å². The molecular formula is C10H18N2O3. The van der Waals surface area contributed by atoms with Crippen LogP contribution in [0.2, 0.25) is 0 Å². The first-order chi connectivity index (χ1) is 7.15. The minimum Gasteiger partial charge on any atom is -0.372 e. The van der Waals surface area contributed by atoms with E-state index in [4.69, 9.17) is 4.74 Å². The Morgan fingerprint density at radius 1 is 1.33 bits per heavy atom. The number of methoxy groups -OCH3 is 1. The van der Waals surface area contributed by atoms with E-state index in [1.807, 2.05) is 0 Å². The summed E-state index contributed by atoms with van der Waals surface area (Å²) in [6.07, 6.45) is 1.56. The normalized spacial score (nSPS) is 16.9. The zero-order valence-electron chi connectivity index (χ0n) is 9.21. The summed E-state index contributed by atoms with van der Waals surface area (Å²) in [4.78, 5) is 22.4. The number of ether oxygens (including phenoxy) is 1. The number of carbonyl (C=O) groups excluding carboxylic acids is 2. The highest BCUT2D eigenvalue weighted by molar-refractivity contribution is 5.81. The Bertz CT molecular complexity index is 239. The van der Waals surface area contributed by atoms with Crippen LogP contribution in [0.5, 0.6) is 0 Å². The Morgan fingerprint density at radius 3 is 2.47 bits per heavy atom. The lowest BCUT2D eigenvalue weighted by Gasteiger charge is -2.10. The highest BCUT2D eigenvalue weighted by Gasteiger charge is 2.28. The average Bonchev–Trinajstić information content (AvgIpc) is 3.06. The lowest BCUT2D eigenvalue weighted by atomic mass is 10.3. The molecule has 1 saturated carbocycles. The zero-order valence-corrected chi connectivity index (χ0v) is 9.21. The topological polar surface area (TPSA) is 67.4 Å². The van der Waals surface area contributed by atoms with Crippen molar-refractivity contribution in [2.24, 2.45) is 5.92 Å². The van der Waals surface area contributed by atoms with E-state index >= 15 is 0 Å². The van der Waals surface area contributed by atoms with Gasteiger partial charge in [-0.2, -0.15) is 0 Å². The first-order valence-electron chi connectivity index (χ1n) is 5.23. The molecule has 1 fully saturated rings. The number of rotatable bonds is 6. The molecule has 1 rings (SSSR count). The molecule has 2 amide bonds. The maximum atomic E-state index is 11.2. The highest BCUT2D eigenvalue weighted by atomic mass is 16.5. The van der Waals surface area contributed by atoms with Crippen LogP contribution in [0.4, 0.5) is 0 Å². The largest absolute Gasteiger partial charge is 0.372 e. The van der Waals surface area contributed by atoms with Gasteiger partial charge in [0.05, 0.1) is 0 Å². The first-order valence-corrected chi connectivity index (χ1v) is 5.23. The number of hydrogen-bond acceptors (Lipinski definition) is 3. The number of hydrogen-bond donors (Lipinski definition) is 2. The lowest BCUT2D eigenvalue weighted by molar-refractivity contribution is -0.130. The maximum absolute atomic E-state index is 11.2. The molecule has 5 nitrogen and oxygen atoms in total. The van der Waals surface area contributed by atoms with Crippen LogP contribution >= 0.6 is 0 Å². The molecule has 5 heteroatoms. The van der Waals surface area contributed by atoms with E-state index in [0.29, 0.717) is 13.1 Å². The second kappa shape index (κ2) is 5.70. The van der Waals surface area contributed by atoms with E-state index in [-0.39, 0.29) is 17.7 Å². The quantitative estimate of drug-likeness (QED) is 0.595. The molecule has 1 unspecified atom stereocenters. The molecule has 0 heterocycles. The Morgan fingerprint density at radius 2 is 1.93 bits per heavy atom. The van der Waals surface area contributed by atoms with Gasteiger partial charge in [-0.15, -0.1) is 0 Å². The van der Waals surface area contributed by atoms with Crippen LogP contribution in [-0.4, -0.2) is 38.1 Å². The predicted octanol–water partition coefficient (Wildman–Crippen LogP) is -0.336. The predicted molar refractivity (Wildman–Crippen MR) is 55.2 cm³/mol. The van der Waals surface area contributed by atoms with Crippen LogP contribution in [0.1, 0.15) is 19.8 Å². The highest BCUT2D eigenvalue weighted by Crippen LogP contribution is 2.28. The third-order valence-corrected chi connectivity index (χ3v) is 2.39. The van der Waals surface area contributed by atoms with Crippen molar-refractivity contribution in [2.45, 2.75) is 25.9 Å². The molecule has 0 radical (unpaired) electrons. The Kier molecular flexibility index (Phi) is 4.55. The van der Waals surface area contributed by atoms with Gasteiger partial charge < -0.3 is 15.4 Å². The van der Waals surface area contributed by atoms with Gasteiger partial charge >= 0.3 is 0 Å². The Balaban J connectivity index is 2.00. The summed E-state index contributed by atoms with van der Waals surface area (Å²) >= 11 is 0. The molecule has 0 spiro atoms. The van der Waals surface area contributed by atoms with Crippen molar-refractivity contribution in [2.75, 3.05) is 20.2 Å². The number of carbonyl (C=O) groups is 2. The van der Waals surface area contributed by atoms with E-state index in [2.05, 4.69) is 10.6 Å². The minimum atomic E-state index is -0.441. The summed E-state index contributed by atoms with van der Waals surface area (Å²) < 4.78 is 4.84. The van der Waals surface area contributed by atoms with Crippen LogP contribution in [0.15, 0.2) is 0 Å². The molecule has 0 bridgehead atoms. The van der Waals surface area contributed by atoms with Crippen LogP contribution < -0.4 is 10.6 Å². The maximum Gasteiger partial charge on any atom is 0.248 e. The fourth-order valence-corrected chi connectivity index (χ4v) is 1.11. The SMILES string of the molecule is COC(C)C(=O)NCCNC(=O)C1CC1. The van der Waals surface area contributed by atoms with Crippen molar-refractivity contribution in [1.29, 1.82) is 0 Å². The minimum absolute atomic E-state index is 0.101. The molecular weight excluding hydrogens is 196 g/mol. The van der Waals surface area contributed by atoms with Crippen molar-refractivity contribution in [3.05, 3.63) is 0 Å². The summed E-state index contributed by atoms with van der Waals surface area (Å²) in [6, 6.07) is 0. The fraction of sp³-hybridized carbons (Fsp3) is 0.800. The smallest absolute Gasteiger partial charge is 0.248 e. The van der Waals surface area contributed by atoms with E-state index in [1.165, 1.54) is 7.11 Å². The summed E-state index contributed by atoms with van der Waals surface area (Å²) in [6.45, 7) is 2.61. The third kappa shape index (κ3) is 4.29. The summed E-state index contributed by atoms with van der Waals surface area (Å²) in [5, 5.41) is 5.43. The van der Waals surface area contributed by atoms with Gasteiger partial charge in [-0.05, 0) is 19.8 Å². The fourth-order valence-electron chi connectivity index (χ4n) is 1.11. The molecule has 0 saturated heterocycles. The van der Waals surface area contributed by atoms with E-state index in [1.54, 1.807) is 6.92 Å². The summed E-state index contributed by atoms with van der Waals surface area (Å²) in [5.41, 5.74) is 0. The molecule has 1 aliphatic carbocycles. The average molecular weight is 214 g/mol. The molecule has 2 N–H and O–H groups in total. The van der Waals surface area contributed by atoms with Crippen molar-refractivity contribution >= 4 is 11.8 Å². The summed E-state index contributed by atoms with van der Waals surface area (Å²) in [5.74, 6) is 0.167. The van der Waals surface area contributed by atoms with Gasteiger partial charge in [0.15, 0.2) is 0 Å². The van der Waals surface area contributed by atoms with Gasteiger partial charge in [0.2, 0.25) is 11.8 Å². The molecule has 0 aliphatic heterocycles. The van der Waals surface area contributed by atoms with Gasteiger partial charge in [-0.1, -0.05) is 0 Å². The molecule has 1 aliphatic rings.